The van der Waals surface area contributed by atoms with Gasteiger partial charge in [-0.15, -0.1) is 21.2 Å². The first-order valence-electron chi connectivity index (χ1n) is 5.69. The molecular formula is C11H10N6O2S. The Balaban J connectivity index is 2.24. The number of aryl methyl sites for hydroxylation is 1. The van der Waals surface area contributed by atoms with E-state index in [0.717, 1.165) is 9.44 Å². The van der Waals surface area contributed by atoms with Crippen molar-refractivity contribution >= 4 is 28.7 Å². The van der Waals surface area contributed by atoms with Gasteiger partial charge in [-0.1, -0.05) is 6.07 Å². The van der Waals surface area contributed by atoms with Crippen molar-refractivity contribution < 1.29 is 0 Å². The van der Waals surface area contributed by atoms with E-state index in [1.807, 2.05) is 17.5 Å². The first-order valence-corrected chi connectivity index (χ1v) is 6.57. The molecule has 0 unspecified atom stereocenters. The summed E-state index contributed by atoms with van der Waals surface area (Å²) in [7, 11) is 2.95. The van der Waals surface area contributed by atoms with Gasteiger partial charge in [-0.05, 0) is 16.7 Å². The second-order valence-electron chi connectivity index (χ2n) is 4.12. The van der Waals surface area contributed by atoms with E-state index < -0.39 is 11.2 Å². The Hall–Kier alpha value is -2.55. The lowest BCUT2D eigenvalue weighted by molar-refractivity contribution is 0.666. The Kier molecular flexibility index (Phi) is 2.83. The summed E-state index contributed by atoms with van der Waals surface area (Å²) in [5.74, 6) is 0. The van der Waals surface area contributed by atoms with Crippen LogP contribution >= 0.6 is 11.3 Å². The molecule has 20 heavy (non-hydrogen) atoms. The standard InChI is InChI=1S/C11H10N6O2S/c1-15-9-8(10(18)16(2)11(15)19)13-14-17(9)12-6-7-4-3-5-20-7/h3-6H,1-2H3. The molecular weight excluding hydrogens is 280 g/mol. The molecule has 3 aromatic rings. The molecule has 0 aliphatic carbocycles. The summed E-state index contributed by atoms with van der Waals surface area (Å²) in [6, 6.07) is 3.79. The van der Waals surface area contributed by atoms with Gasteiger partial charge in [-0.25, -0.2) is 4.79 Å². The molecule has 0 aromatic carbocycles. The molecule has 102 valence electrons. The fraction of sp³-hybridized carbons (Fsp3) is 0.182. The van der Waals surface area contributed by atoms with Crippen molar-refractivity contribution in [1.82, 2.24) is 24.2 Å². The molecule has 0 N–H and O–H groups in total. The third kappa shape index (κ3) is 1.79. The van der Waals surface area contributed by atoms with Crippen LogP contribution in [0, 0.1) is 0 Å². The minimum absolute atomic E-state index is 0.109. The van der Waals surface area contributed by atoms with Crippen molar-refractivity contribution in [3.63, 3.8) is 0 Å². The zero-order chi connectivity index (χ0) is 14.3. The zero-order valence-corrected chi connectivity index (χ0v) is 11.5. The average Bonchev–Trinajstić information content (AvgIpc) is 3.09. The van der Waals surface area contributed by atoms with Crippen LogP contribution in [0.2, 0.25) is 0 Å². The van der Waals surface area contributed by atoms with Gasteiger partial charge in [0.2, 0.25) is 0 Å². The number of hydrogen-bond donors (Lipinski definition) is 0. The monoisotopic (exact) mass is 290 g/mol. The van der Waals surface area contributed by atoms with Crippen LogP contribution in [-0.2, 0) is 14.1 Å². The Morgan fingerprint density at radius 1 is 1.30 bits per heavy atom. The molecule has 0 bridgehead atoms. The fourth-order valence-electron chi connectivity index (χ4n) is 1.82. The normalized spacial score (nSPS) is 11.7. The summed E-state index contributed by atoms with van der Waals surface area (Å²) in [6.45, 7) is 0. The predicted octanol–water partition coefficient (Wildman–Crippen LogP) is -0.228. The van der Waals surface area contributed by atoms with Crippen molar-refractivity contribution in [1.29, 1.82) is 0 Å². The van der Waals surface area contributed by atoms with Crippen molar-refractivity contribution in [2.24, 2.45) is 19.2 Å². The maximum Gasteiger partial charge on any atom is 0.332 e. The lowest BCUT2D eigenvalue weighted by atomic mass is 10.5. The molecule has 0 amide bonds. The van der Waals surface area contributed by atoms with E-state index in [4.69, 9.17) is 0 Å². The number of thiophene rings is 1. The second-order valence-corrected chi connectivity index (χ2v) is 5.10. The minimum atomic E-state index is -0.485. The smallest absolute Gasteiger partial charge is 0.278 e. The molecule has 9 heteroatoms. The predicted molar refractivity (Wildman–Crippen MR) is 75.3 cm³/mol. The highest BCUT2D eigenvalue weighted by Gasteiger charge is 2.14. The molecule has 0 saturated heterocycles. The van der Waals surface area contributed by atoms with Crippen LogP contribution in [0.25, 0.3) is 11.2 Å². The third-order valence-electron chi connectivity index (χ3n) is 2.87. The van der Waals surface area contributed by atoms with E-state index >= 15 is 0 Å². The van der Waals surface area contributed by atoms with Gasteiger partial charge >= 0.3 is 5.69 Å². The summed E-state index contributed by atoms with van der Waals surface area (Å²) < 4.78 is 2.28. The van der Waals surface area contributed by atoms with Crippen LogP contribution in [0.5, 0.6) is 0 Å². The van der Waals surface area contributed by atoms with Gasteiger partial charge in [0.25, 0.3) is 5.56 Å². The molecule has 0 radical (unpaired) electrons. The van der Waals surface area contributed by atoms with Crippen LogP contribution in [0.15, 0.2) is 32.2 Å². The third-order valence-corrected chi connectivity index (χ3v) is 3.67. The molecule has 3 heterocycles. The quantitative estimate of drug-likeness (QED) is 0.610. The Morgan fingerprint density at radius 2 is 2.10 bits per heavy atom. The summed E-state index contributed by atoms with van der Waals surface area (Å²) in [5.41, 5.74) is -0.554. The van der Waals surface area contributed by atoms with Gasteiger partial charge in [-0.2, -0.15) is 5.10 Å². The molecule has 0 atom stereocenters. The zero-order valence-electron chi connectivity index (χ0n) is 10.7. The molecule has 0 saturated carbocycles. The van der Waals surface area contributed by atoms with Crippen LogP contribution < -0.4 is 11.2 Å². The van der Waals surface area contributed by atoms with Gasteiger partial charge in [0, 0.05) is 19.0 Å². The highest BCUT2D eigenvalue weighted by atomic mass is 32.1. The van der Waals surface area contributed by atoms with E-state index in [1.54, 1.807) is 13.3 Å². The number of hydrogen-bond acceptors (Lipinski definition) is 6. The van der Waals surface area contributed by atoms with Crippen molar-refractivity contribution in [3.8, 4) is 0 Å². The van der Waals surface area contributed by atoms with Crippen molar-refractivity contribution in [2.75, 3.05) is 0 Å². The van der Waals surface area contributed by atoms with Crippen LogP contribution in [0.3, 0.4) is 0 Å². The number of fused-ring (bicyclic) bond motifs is 1. The average molecular weight is 290 g/mol. The van der Waals surface area contributed by atoms with Crippen LogP contribution in [-0.4, -0.2) is 30.5 Å². The topological polar surface area (TPSA) is 87.1 Å². The lowest BCUT2D eigenvalue weighted by Crippen LogP contribution is -2.37. The van der Waals surface area contributed by atoms with Gasteiger partial charge in [0.1, 0.15) is 0 Å². The van der Waals surface area contributed by atoms with Crippen LogP contribution in [0.1, 0.15) is 4.88 Å². The molecule has 3 aromatic heterocycles. The van der Waals surface area contributed by atoms with Crippen molar-refractivity contribution in [3.05, 3.63) is 43.2 Å². The summed E-state index contributed by atoms with van der Waals surface area (Å²) >= 11 is 1.52. The van der Waals surface area contributed by atoms with Gasteiger partial charge < -0.3 is 0 Å². The van der Waals surface area contributed by atoms with E-state index in [1.165, 1.54) is 27.7 Å². The maximum atomic E-state index is 11.9. The van der Waals surface area contributed by atoms with Crippen LogP contribution in [0.4, 0.5) is 0 Å². The van der Waals surface area contributed by atoms with Gasteiger partial charge in [0.05, 0.1) is 6.21 Å². The number of aromatic nitrogens is 5. The van der Waals surface area contributed by atoms with Gasteiger partial charge in [0.15, 0.2) is 11.2 Å². The minimum Gasteiger partial charge on any atom is -0.278 e. The molecule has 3 rings (SSSR count). The number of rotatable bonds is 2. The van der Waals surface area contributed by atoms with Crippen molar-refractivity contribution in [2.45, 2.75) is 0 Å². The summed E-state index contributed by atoms with van der Waals surface area (Å²) in [4.78, 5) is 25.9. The Morgan fingerprint density at radius 3 is 2.80 bits per heavy atom. The molecule has 0 aliphatic heterocycles. The first kappa shape index (κ1) is 12.5. The molecule has 0 fully saturated rings. The SMILES string of the molecule is Cn1c(=O)c2nnn(N=Cc3cccs3)c2n(C)c1=O. The second kappa shape index (κ2) is 4.53. The maximum absolute atomic E-state index is 11.9. The lowest BCUT2D eigenvalue weighted by Gasteiger charge is -2.02. The summed E-state index contributed by atoms with van der Waals surface area (Å²) in [6.07, 6.45) is 1.60. The van der Waals surface area contributed by atoms with E-state index in [2.05, 4.69) is 15.4 Å². The van der Waals surface area contributed by atoms with E-state index in [9.17, 15) is 9.59 Å². The molecule has 8 nitrogen and oxygen atoms in total. The van der Waals surface area contributed by atoms with E-state index in [0.29, 0.717) is 0 Å². The molecule has 0 aliphatic rings. The Bertz CT molecular complexity index is 915. The van der Waals surface area contributed by atoms with E-state index in [-0.39, 0.29) is 11.2 Å². The Labute approximate surface area is 116 Å². The summed E-state index contributed by atoms with van der Waals surface area (Å²) in [5, 5.41) is 13.6. The highest BCUT2D eigenvalue weighted by Crippen LogP contribution is 2.06. The van der Waals surface area contributed by atoms with Gasteiger partial charge in [-0.3, -0.25) is 13.9 Å². The largest absolute Gasteiger partial charge is 0.332 e. The fourth-order valence-corrected chi connectivity index (χ4v) is 2.40. The first-order chi connectivity index (χ1) is 9.59. The highest BCUT2D eigenvalue weighted by molar-refractivity contribution is 7.11. The number of nitrogens with zero attached hydrogens (tertiary/aromatic N) is 6. The molecule has 0 spiro atoms.